The highest BCUT2D eigenvalue weighted by molar-refractivity contribution is 6.13. The number of nitrogens with zero attached hydrogens (tertiary/aromatic N) is 5. The third-order valence-electron chi connectivity index (χ3n) is 5.06. The van der Waals surface area contributed by atoms with Crippen LogP contribution < -0.4 is 16.2 Å². The van der Waals surface area contributed by atoms with E-state index in [2.05, 4.69) is 20.1 Å². The molecule has 1 aliphatic rings. The van der Waals surface area contributed by atoms with Crippen molar-refractivity contribution in [1.82, 2.24) is 19.7 Å². The van der Waals surface area contributed by atoms with Crippen molar-refractivity contribution in [2.75, 3.05) is 12.3 Å². The molecule has 0 saturated heterocycles. The van der Waals surface area contributed by atoms with E-state index >= 15 is 0 Å². The number of benzene rings is 1. The summed E-state index contributed by atoms with van der Waals surface area (Å²) in [6.45, 7) is 6.13. The maximum absolute atomic E-state index is 14.2. The Labute approximate surface area is 179 Å². The number of hydrogen-bond acceptors (Lipinski definition) is 7. The number of allylic oxidation sites excluding steroid dienone is 1. The highest BCUT2D eigenvalue weighted by Crippen LogP contribution is 2.32. The third-order valence-corrected chi connectivity index (χ3v) is 5.06. The number of anilines is 1. The minimum absolute atomic E-state index is 0.233. The van der Waals surface area contributed by atoms with Crippen molar-refractivity contribution in [3.8, 4) is 11.4 Å². The largest absolute Gasteiger partial charge is 0.482 e. The van der Waals surface area contributed by atoms with Gasteiger partial charge >= 0.3 is 0 Å². The van der Waals surface area contributed by atoms with Crippen LogP contribution in [0.5, 0.6) is 5.75 Å². The average Bonchev–Trinajstić information content (AvgIpc) is 3.11. The zero-order valence-electron chi connectivity index (χ0n) is 17.6. The van der Waals surface area contributed by atoms with E-state index in [1.165, 1.54) is 18.3 Å². The minimum atomic E-state index is -0.530. The van der Waals surface area contributed by atoms with E-state index in [9.17, 15) is 4.39 Å². The molecular weight excluding hydrogens is 397 g/mol. The molecule has 8 nitrogen and oxygen atoms in total. The molecule has 0 radical (unpaired) electrons. The fourth-order valence-electron chi connectivity index (χ4n) is 3.67. The van der Waals surface area contributed by atoms with Gasteiger partial charge in [0.25, 0.3) is 0 Å². The van der Waals surface area contributed by atoms with Crippen LogP contribution in [-0.2, 0) is 6.42 Å². The van der Waals surface area contributed by atoms with E-state index in [-0.39, 0.29) is 11.6 Å². The molecule has 4 N–H and O–H groups in total. The summed E-state index contributed by atoms with van der Waals surface area (Å²) in [6.07, 6.45) is 3.00. The number of aromatic nitrogens is 4. The molecule has 0 saturated carbocycles. The van der Waals surface area contributed by atoms with Crippen LogP contribution in [0.3, 0.4) is 0 Å². The van der Waals surface area contributed by atoms with Crippen LogP contribution in [-0.4, -0.2) is 32.0 Å². The Bertz CT molecular complexity index is 1200. The van der Waals surface area contributed by atoms with Crippen LogP contribution in [0.4, 0.5) is 10.2 Å². The average molecular weight is 421 g/mol. The molecule has 3 aromatic rings. The molecule has 0 spiro atoms. The maximum Gasteiger partial charge on any atom is 0.166 e. The van der Waals surface area contributed by atoms with Gasteiger partial charge in [0, 0.05) is 35.9 Å². The summed E-state index contributed by atoms with van der Waals surface area (Å²) in [6, 6.07) is 6.27. The van der Waals surface area contributed by atoms with Crippen LogP contribution in [0.1, 0.15) is 42.7 Å². The number of nitrogens with two attached hydrogens (primary N) is 2. The normalized spacial score (nSPS) is 18.6. The third kappa shape index (κ3) is 3.86. The molecular formula is C22H24FN7O. The summed E-state index contributed by atoms with van der Waals surface area (Å²) < 4.78 is 22.0. The van der Waals surface area contributed by atoms with Crippen molar-refractivity contribution in [3.63, 3.8) is 0 Å². The smallest absolute Gasteiger partial charge is 0.166 e. The number of fused-ring (bicyclic) bond motifs is 5. The Kier molecular flexibility index (Phi) is 5.41. The molecule has 2 aromatic heterocycles. The van der Waals surface area contributed by atoms with Crippen molar-refractivity contribution in [3.05, 3.63) is 70.8 Å². The molecule has 31 heavy (non-hydrogen) atoms. The van der Waals surface area contributed by atoms with Gasteiger partial charge in [-0.2, -0.15) is 5.10 Å². The lowest BCUT2D eigenvalue weighted by Crippen LogP contribution is -2.18. The van der Waals surface area contributed by atoms with E-state index < -0.39 is 6.10 Å². The Balaban J connectivity index is 2.00. The molecule has 160 valence electrons. The highest BCUT2D eigenvalue weighted by Gasteiger charge is 2.23. The van der Waals surface area contributed by atoms with Crippen LogP contribution in [0.2, 0.25) is 0 Å². The van der Waals surface area contributed by atoms with Crippen LogP contribution in [0.15, 0.2) is 47.2 Å². The predicted octanol–water partition coefficient (Wildman–Crippen LogP) is 3.04. The van der Waals surface area contributed by atoms with Gasteiger partial charge in [0.2, 0.25) is 0 Å². The number of halogens is 1. The second-order valence-corrected chi connectivity index (χ2v) is 7.25. The second-order valence-electron chi connectivity index (χ2n) is 7.25. The Morgan fingerprint density at radius 1 is 1.35 bits per heavy atom. The van der Waals surface area contributed by atoms with Gasteiger partial charge in [0.15, 0.2) is 11.6 Å². The van der Waals surface area contributed by atoms with Crippen molar-refractivity contribution in [2.24, 2.45) is 10.7 Å². The lowest BCUT2D eigenvalue weighted by molar-refractivity contribution is 0.226. The summed E-state index contributed by atoms with van der Waals surface area (Å²) in [7, 11) is 0. The molecule has 0 aliphatic carbocycles. The molecule has 1 aromatic carbocycles. The predicted molar refractivity (Wildman–Crippen MR) is 117 cm³/mol. The highest BCUT2D eigenvalue weighted by atomic mass is 19.1. The molecule has 0 amide bonds. The molecule has 3 heterocycles. The monoisotopic (exact) mass is 421 g/mol. The quantitative estimate of drug-likeness (QED) is 0.624. The summed E-state index contributed by atoms with van der Waals surface area (Å²) in [5.74, 6) is 1.49. The van der Waals surface area contributed by atoms with Gasteiger partial charge < -0.3 is 16.2 Å². The summed E-state index contributed by atoms with van der Waals surface area (Å²) in [5.41, 5.74) is 15.5. The number of rotatable bonds is 1. The molecule has 1 atom stereocenters. The van der Waals surface area contributed by atoms with Gasteiger partial charge in [-0.3, -0.25) is 4.99 Å². The van der Waals surface area contributed by atoms with Gasteiger partial charge in [-0.1, -0.05) is 0 Å². The first-order chi connectivity index (χ1) is 14.9. The van der Waals surface area contributed by atoms with E-state index in [1.54, 1.807) is 23.0 Å². The topological polar surface area (TPSA) is 117 Å². The lowest BCUT2D eigenvalue weighted by Gasteiger charge is -2.22. The lowest BCUT2D eigenvalue weighted by atomic mass is 10.00. The minimum Gasteiger partial charge on any atom is -0.482 e. The van der Waals surface area contributed by atoms with E-state index in [1.807, 2.05) is 20.8 Å². The molecule has 2 bridgehead atoms. The molecule has 9 heteroatoms. The number of pyridine rings is 1. The molecule has 4 rings (SSSR count). The summed E-state index contributed by atoms with van der Waals surface area (Å²) >= 11 is 0. The summed E-state index contributed by atoms with van der Waals surface area (Å²) in [4.78, 5) is 13.5. The first-order valence-electron chi connectivity index (χ1n) is 10.0. The number of aryl methyl sites for hydroxylation is 1. The second kappa shape index (κ2) is 8.17. The fraction of sp³-hybridized carbons (Fsp3) is 0.273. The zero-order valence-corrected chi connectivity index (χ0v) is 17.6. The standard InChI is InChI=1S/C22H24FN7O/c1-4-26-21-14(10-24)8-20-28-13(3)29-30(20)18-6-5-16(23)9-17(18)12(2)31-19-7-15(21)11-27-22(19)25/h5-7,9-12H,4,8,24H2,1-3H3,(H2,25,27). The van der Waals surface area contributed by atoms with Gasteiger partial charge in [0.05, 0.1) is 11.4 Å². The maximum atomic E-state index is 14.2. The fourth-order valence-corrected chi connectivity index (χ4v) is 3.67. The van der Waals surface area contributed by atoms with Crippen molar-refractivity contribution in [1.29, 1.82) is 0 Å². The van der Waals surface area contributed by atoms with Gasteiger partial charge in [0.1, 0.15) is 23.6 Å². The molecule has 1 aliphatic heterocycles. The Hall–Kier alpha value is -3.75. The summed E-state index contributed by atoms with van der Waals surface area (Å²) in [5, 5.41) is 4.55. The van der Waals surface area contributed by atoms with Crippen molar-refractivity contribution < 1.29 is 9.13 Å². The van der Waals surface area contributed by atoms with Crippen LogP contribution in [0.25, 0.3) is 5.69 Å². The van der Waals surface area contributed by atoms with Gasteiger partial charge in [-0.05, 0) is 51.2 Å². The zero-order chi connectivity index (χ0) is 22.1. The number of ether oxygens (including phenoxy) is 1. The Morgan fingerprint density at radius 2 is 2.16 bits per heavy atom. The Morgan fingerprint density at radius 3 is 2.90 bits per heavy atom. The van der Waals surface area contributed by atoms with Gasteiger partial charge in [-0.15, -0.1) is 0 Å². The van der Waals surface area contributed by atoms with Crippen molar-refractivity contribution >= 4 is 11.5 Å². The van der Waals surface area contributed by atoms with E-state index in [4.69, 9.17) is 16.2 Å². The van der Waals surface area contributed by atoms with E-state index in [0.717, 1.165) is 11.1 Å². The van der Waals surface area contributed by atoms with Crippen LogP contribution >= 0.6 is 0 Å². The van der Waals surface area contributed by atoms with Gasteiger partial charge in [-0.25, -0.2) is 19.0 Å². The van der Waals surface area contributed by atoms with Crippen molar-refractivity contribution in [2.45, 2.75) is 33.3 Å². The number of hydrogen-bond donors (Lipinski definition) is 2. The SMILES string of the molecule is CCN=C1C(=CN)Cc2nc(C)nn2-c2ccc(F)cc2C(C)Oc2cc1cnc2N. The first-order valence-corrected chi connectivity index (χ1v) is 10.0. The van der Waals surface area contributed by atoms with E-state index in [0.29, 0.717) is 47.3 Å². The number of nitrogen functional groups attached to an aromatic ring is 1. The first kappa shape index (κ1) is 20.5. The van der Waals surface area contributed by atoms with Crippen LogP contribution in [0, 0.1) is 12.7 Å². The number of aliphatic imine (C=N–C) groups is 1. The molecule has 1 unspecified atom stereocenters. The molecule has 0 fully saturated rings.